The Morgan fingerprint density at radius 3 is 2.74 bits per heavy atom. The number of amides is 1. The highest BCUT2D eigenvalue weighted by Gasteiger charge is 2.17. The first-order valence-corrected chi connectivity index (χ1v) is 9.45. The van der Waals surface area contributed by atoms with E-state index < -0.39 is 10.0 Å². The third kappa shape index (κ3) is 5.28. The van der Waals surface area contributed by atoms with Crippen LogP contribution >= 0.6 is 22.9 Å². The standard InChI is InChI=1S/C14H16ClN3O3S2/c1-11(19)18(10-12-3-2-6-16-9-12)8-7-17-23(20,21)14-5-4-13(15)22-14/h2-6,9,17H,7-8,10H2,1H3. The minimum atomic E-state index is -3.60. The van der Waals surface area contributed by atoms with Crippen molar-refractivity contribution in [1.82, 2.24) is 14.6 Å². The van der Waals surface area contributed by atoms with Crippen LogP contribution in [0.2, 0.25) is 4.34 Å². The summed E-state index contributed by atoms with van der Waals surface area (Å²) in [5.41, 5.74) is 0.885. The molecule has 0 aliphatic carbocycles. The molecule has 0 fully saturated rings. The Hall–Kier alpha value is -1.48. The van der Waals surface area contributed by atoms with Crippen molar-refractivity contribution in [2.75, 3.05) is 13.1 Å². The van der Waals surface area contributed by atoms with Crippen molar-refractivity contribution in [3.63, 3.8) is 0 Å². The van der Waals surface area contributed by atoms with Gasteiger partial charge in [-0.3, -0.25) is 9.78 Å². The second kappa shape index (κ2) is 7.87. The van der Waals surface area contributed by atoms with E-state index >= 15 is 0 Å². The van der Waals surface area contributed by atoms with E-state index in [-0.39, 0.29) is 23.2 Å². The summed E-state index contributed by atoms with van der Waals surface area (Å²) in [6.07, 6.45) is 3.33. The number of carbonyl (C=O) groups excluding carboxylic acids is 1. The lowest BCUT2D eigenvalue weighted by Gasteiger charge is -2.21. The smallest absolute Gasteiger partial charge is 0.250 e. The molecule has 6 nitrogen and oxygen atoms in total. The lowest BCUT2D eigenvalue weighted by atomic mass is 10.2. The molecule has 0 aliphatic rings. The van der Waals surface area contributed by atoms with E-state index in [1.807, 2.05) is 6.07 Å². The van der Waals surface area contributed by atoms with Crippen LogP contribution in [0, 0.1) is 0 Å². The maximum atomic E-state index is 12.1. The summed E-state index contributed by atoms with van der Waals surface area (Å²) in [5, 5.41) is 0. The van der Waals surface area contributed by atoms with Gasteiger partial charge in [0.1, 0.15) is 4.21 Å². The highest BCUT2D eigenvalue weighted by molar-refractivity contribution is 7.91. The van der Waals surface area contributed by atoms with E-state index in [0.717, 1.165) is 16.9 Å². The van der Waals surface area contributed by atoms with E-state index in [4.69, 9.17) is 11.6 Å². The van der Waals surface area contributed by atoms with Crippen molar-refractivity contribution in [1.29, 1.82) is 0 Å². The third-order valence-electron chi connectivity index (χ3n) is 3.03. The lowest BCUT2D eigenvalue weighted by molar-refractivity contribution is -0.129. The first kappa shape index (κ1) is 17.9. The van der Waals surface area contributed by atoms with Gasteiger partial charge in [0.2, 0.25) is 15.9 Å². The predicted molar refractivity (Wildman–Crippen MR) is 89.8 cm³/mol. The number of halogens is 1. The molecule has 0 saturated heterocycles. The second-order valence-electron chi connectivity index (χ2n) is 4.76. The largest absolute Gasteiger partial charge is 0.337 e. The summed E-state index contributed by atoms with van der Waals surface area (Å²) in [4.78, 5) is 17.2. The van der Waals surface area contributed by atoms with Crippen molar-refractivity contribution in [2.24, 2.45) is 0 Å². The van der Waals surface area contributed by atoms with E-state index in [9.17, 15) is 13.2 Å². The maximum Gasteiger partial charge on any atom is 0.250 e. The first-order chi connectivity index (χ1) is 10.9. The number of thiophene rings is 1. The summed E-state index contributed by atoms with van der Waals surface area (Å²) >= 11 is 6.74. The van der Waals surface area contributed by atoms with Crippen molar-refractivity contribution >= 4 is 38.9 Å². The number of hydrogen-bond donors (Lipinski definition) is 1. The van der Waals surface area contributed by atoms with Crippen LogP contribution in [0.4, 0.5) is 0 Å². The van der Waals surface area contributed by atoms with Gasteiger partial charge in [0.15, 0.2) is 0 Å². The molecule has 124 valence electrons. The Balaban J connectivity index is 1.93. The molecule has 1 N–H and O–H groups in total. The van der Waals surface area contributed by atoms with E-state index in [1.54, 1.807) is 23.4 Å². The fraction of sp³-hybridized carbons (Fsp3) is 0.286. The number of carbonyl (C=O) groups is 1. The molecule has 1 amide bonds. The van der Waals surface area contributed by atoms with Crippen LogP contribution in [0.5, 0.6) is 0 Å². The molecule has 2 aromatic heterocycles. The number of hydrogen-bond acceptors (Lipinski definition) is 5. The zero-order valence-electron chi connectivity index (χ0n) is 12.4. The lowest BCUT2D eigenvalue weighted by Crippen LogP contribution is -2.37. The molecule has 9 heteroatoms. The summed E-state index contributed by atoms with van der Waals surface area (Å²) in [6, 6.07) is 6.64. The predicted octanol–water partition coefficient (Wildman–Crippen LogP) is 2.12. The molecule has 2 rings (SSSR count). The summed E-state index contributed by atoms with van der Waals surface area (Å²) < 4.78 is 27.2. The van der Waals surface area contributed by atoms with Gasteiger partial charge in [-0.25, -0.2) is 13.1 Å². The molecule has 2 aromatic rings. The fourth-order valence-electron chi connectivity index (χ4n) is 1.89. The fourth-order valence-corrected chi connectivity index (χ4v) is 4.44. The number of rotatable bonds is 7. The Morgan fingerprint density at radius 1 is 1.39 bits per heavy atom. The van der Waals surface area contributed by atoms with Gasteiger partial charge in [0.25, 0.3) is 0 Å². The van der Waals surface area contributed by atoms with E-state index in [2.05, 4.69) is 9.71 Å². The van der Waals surface area contributed by atoms with Crippen LogP contribution in [-0.2, 0) is 21.4 Å². The highest BCUT2D eigenvalue weighted by atomic mass is 35.5. The van der Waals surface area contributed by atoms with Gasteiger partial charge < -0.3 is 4.90 Å². The van der Waals surface area contributed by atoms with Crippen molar-refractivity contribution in [2.45, 2.75) is 17.7 Å². The SMILES string of the molecule is CC(=O)N(CCNS(=O)(=O)c1ccc(Cl)s1)Cc1cccnc1. The summed E-state index contributed by atoms with van der Waals surface area (Å²) in [6.45, 7) is 2.22. The van der Waals surface area contributed by atoms with E-state index in [1.165, 1.54) is 19.1 Å². The van der Waals surface area contributed by atoms with Gasteiger partial charge in [-0.15, -0.1) is 11.3 Å². The zero-order chi connectivity index (χ0) is 16.9. The zero-order valence-corrected chi connectivity index (χ0v) is 14.8. The van der Waals surface area contributed by atoms with Gasteiger partial charge in [0.05, 0.1) is 4.34 Å². The molecule has 0 bridgehead atoms. The summed E-state index contributed by atoms with van der Waals surface area (Å²) in [7, 11) is -3.60. The average Bonchev–Trinajstić information content (AvgIpc) is 2.94. The molecule has 0 saturated carbocycles. The van der Waals surface area contributed by atoms with Crippen LogP contribution in [0.3, 0.4) is 0 Å². The van der Waals surface area contributed by atoms with Gasteiger partial charge >= 0.3 is 0 Å². The third-order valence-corrected chi connectivity index (χ3v) is 6.21. The molecular weight excluding hydrogens is 358 g/mol. The van der Waals surface area contributed by atoms with Crippen LogP contribution < -0.4 is 4.72 Å². The normalized spacial score (nSPS) is 11.4. The average molecular weight is 374 g/mol. The second-order valence-corrected chi connectivity index (χ2v) is 8.47. The topological polar surface area (TPSA) is 79.4 Å². The minimum absolute atomic E-state index is 0.123. The Bertz CT molecular complexity index is 763. The number of nitrogens with one attached hydrogen (secondary N) is 1. The quantitative estimate of drug-likeness (QED) is 0.806. The molecule has 0 radical (unpaired) electrons. The number of nitrogens with zero attached hydrogens (tertiary/aromatic N) is 2. The Kier molecular flexibility index (Phi) is 6.11. The number of sulfonamides is 1. The van der Waals surface area contributed by atoms with Crippen molar-refractivity contribution in [3.8, 4) is 0 Å². The molecule has 0 atom stereocenters. The minimum Gasteiger partial charge on any atom is -0.337 e. The van der Waals surface area contributed by atoms with Crippen LogP contribution in [0.25, 0.3) is 0 Å². The van der Waals surface area contributed by atoms with Crippen LogP contribution in [0.1, 0.15) is 12.5 Å². The molecule has 0 aliphatic heterocycles. The van der Waals surface area contributed by atoms with Crippen molar-refractivity contribution < 1.29 is 13.2 Å². The highest BCUT2D eigenvalue weighted by Crippen LogP contribution is 2.25. The molecule has 23 heavy (non-hydrogen) atoms. The first-order valence-electron chi connectivity index (χ1n) is 6.78. The van der Waals surface area contributed by atoms with Gasteiger partial charge in [-0.05, 0) is 23.8 Å². The van der Waals surface area contributed by atoms with Gasteiger partial charge in [-0.2, -0.15) is 0 Å². The molecular formula is C14H16ClN3O3S2. The molecule has 0 spiro atoms. The summed E-state index contributed by atoms with van der Waals surface area (Å²) in [5.74, 6) is -0.132. The molecule has 0 unspecified atom stereocenters. The van der Waals surface area contributed by atoms with Crippen molar-refractivity contribution in [3.05, 3.63) is 46.6 Å². The number of aromatic nitrogens is 1. The molecule has 0 aromatic carbocycles. The van der Waals surface area contributed by atoms with E-state index in [0.29, 0.717) is 10.9 Å². The van der Waals surface area contributed by atoms with Gasteiger partial charge in [-0.1, -0.05) is 17.7 Å². The maximum absolute atomic E-state index is 12.1. The Morgan fingerprint density at radius 2 is 2.17 bits per heavy atom. The molecule has 2 heterocycles. The van der Waals surface area contributed by atoms with Gasteiger partial charge in [0, 0.05) is 39.0 Å². The van der Waals surface area contributed by atoms with Crippen LogP contribution in [0.15, 0.2) is 40.9 Å². The number of pyridine rings is 1. The Labute approximate surface area is 144 Å². The monoisotopic (exact) mass is 373 g/mol. The van der Waals surface area contributed by atoms with Crippen LogP contribution in [-0.4, -0.2) is 37.3 Å².